The molecule has 4 nitrogen and oxygen atoms in total. The van der Waals surface area contributed by atoms with E-state index in [4.69, 9.17) is 12.2 Å². The van der Waals surface area contributed by atoms with Crippen LogP contribution in [0.3, 0.4) is 0 Å². The Morgan fingerprint density at radius 2 is 1.56 bits per heavy atom. The number of nitrogens with zero attached hydrogens (tertiary/aromatic N) is 3. The van der Waals surface area contributed by atoms with Gasteiger partial charge in [-0.1, -0.05) is 42.0 Å². The van der Waals surface area contributed by atoms with Crippen molar-refractivity contribution in [1.82, 2.24) is 14.9 Å². The first-order valence-electron chi connectivity index (χ1n) is 10.9. The minimum absolute atomic E-state index is 0.0104. The lowest BCUT2D eigenvalue weighted by Gasteiger charge is -2.28. The molecule has 2 aromatic heterocycles. The van der Waals surface area contributed by atoms with Gasteiger partial charge in [0.15, 0.2) is 5.11 Å². The van der Waals surface area contributed by atoms with Crippen LogP contribution in [0.25, 0.3) is 5.69 Å². The second-order valence-electron chi connectivity index (χ2n) is 8.33. The van der Waals surface area contributed by atoms with Gasteiger partial charge in [-0.15, -0.1) is 0 Å². The number of thiocarbonyl (C=S) groups is 1. The number of nitrogens with one attached hydrogen (secondary N) is 1. The lowest BCUT2D eigenvalue weighted by molar-refractivity contribution is 0.565. The fourth-order valence-electron chi connectivity index (χ4n) is 4.72. The van der Waals surface area contributed by atoms with Crippen LogP contribution in [0.2, 0.25) is 0 Å². The van der Waals surface area contributed by atoms with Crippen LogP contribution in [0.1, 0.15) is 40.3 Å². The summed E-state index contributed by atoms with van der Waals surface area (Å²) in [6.45, 7) is 6.46. The minimum Gasteiger partial charge on any atom is -0.351 e. The zero-order chi connectivity index (χ0) is 22.2. The van der Waals surface area contributed by atoms with Crippen LogP contribution in [0.4, 0.5) is 5.69 Å². The summed E-state index contributed by atoms with van der Waals surface area (Å²) in [5, 5.41) is 4.28. The molecule has 1 saturated heterocycles. The molecule has 1 aliphatic rings. The monoisotopic (exact) mass is 438 g/mol. The molecule has 5 rings (SSSR count). The first-order chi connectivity index (χ1) is 15.5. The van der Waals surface area contributed by atoms with Crippen LogP contribution in [0.5, 0.6) is 0 Å². The lowest BCUT2D eigenvalue weighted by Crippen LogP contribution is -2.29. The SMILES string of the molecule is Cc1ccc(N2C(=S)N[C@@H](c3ccccn3)[C@H]2c2cc(C)n(-c3ccccc3)c2C)cc1. The molecular weight excluding hydrogens is 412 g/mol. The zero-order valence-electron chi connectivity index (χ0n) is 18.5. The molecule has 0 aliphatic carbocycles. The summed E-state index contributed by atoms with van der Waals surface area (Å²) < 4.78 is 2.32. The minimum atomic E-state index is -0.0465. The molecule has 1 N–H and O–H groups in total. The third-order valence-corrected chi connectivity index (χ3v) is 6.53. The predicted octanol–water partition coefficient (Wildman–Crippen LogP) is 5.97. The molecule has 0 amide bonds. The van der Waals surface area contributed by atoms with Crippen molar-refractivity contribution in [2.24, 2.45) is 0 Å². The van der Waals surface area contributed by atoms with Crippen molar-refractivity contribution < 1.29 is 0 Å². The van der Waals surface area contributed by atoms with E-state index in [0.29, 0.717) is 0 Å². The Kier molecular flexibility index (Phi) is 5.27. The first-order valence-corrected chi connectivity index (χ1v) is 11.3. The number of aromatic nitrogens is 2. The smallest absolute Gasteiger partial charge is 0.174 e. The highest BCUT2D eigenvalue weighted by Gasteiger charge is 2.42. The standard InChI is InChI=1S/C27H26N4S/c1-18-12-14-22(15-13-18)31-26(25(29-27(31)32)24-11-7-8-16-28-24)23-17-19(2)30(20(23)3)21-9-5-4-6-10-21/h4-17,25-26H,1-3H3,(H,29,32)/t25-,26+/m0/s1. The lowest BCUT2D eigenvalue weighted by atomic mass is 9.96. The van der Waals surface area contributed by atoms with Gasteiger partial charge in [-0.05, 0) is 81.0 Å². The van der Waals surface area contributed by atoms with E-state index in [-0.39, 0.29) is 12.1 Å². The summed E-state index contributed by atoms with van der Waals surface area (Å²) in [5.41, 5.74) is 8.12. The average Bonchev–Trinajstić information content (AvgIpc) is 3.31. The van der Waals surface area contributed by atoms with Crippen molar-refractivity contribution in [3.63, 3.8) is 0 Å². The Hall–Kier alpha value is -3.44. The van der Waals surface area contributed by atoms with Gasteiger partial charge in [0.05, 0.1) is 17.8 Å². The van der Waals surface area contributed by atoms with E-state index in [1.165, 1.54) is 28.2 Å². The van der Waals surface area contributed by atoms with Gasteiger partial charge in [-0.3, -0.25) is 4.98 Å². The molecule has 0 unspecified atom stereocenters. The second-order valence-corrected chi connectivity index (χ2v) is 8.72. The van der Waals surface area contributed by atoms with Gasteiger partial charge in [-0.25, -0.2) is 0 Å². The van der Waals surface area contributed by atoms with E-state index in [1.54, 1.807) is 0 Å². The molecule has 32 heavy (non-hydrogen) atoms. The maximum Gasteiger partial charge on any atom is 0.174 e. The van der Waals surface area contributed by atoms with Crippen LogP contribution >= 0.6 is 12.2 Å². The third kappa shape index (κ3) is 3.49. The molecule has 0 bridgehead atoms. The van der Waals surface area contributed by atoms with E-state index in [2.05, 4.69) is 101 Å². The third-order valence-electron chi connectivity index (χ3n) is 6.21. The van der Waals surface area contributed by atoms with Crippen LogP contribution in [-0.2, 0) is 0 Å². The van der Waals surface area contributed by atoms with E-state index in [1.807, 2.05) is 24.4 Å². The van der Waals surface area contributed by atoms with Crippen LogP contribution in [0.15, 0.2) is 85.1 Å². The van der Waals surface area contributed by atoms with E-state index < -0.39 is 0 Å². The van der Waals surface area contributed by atoms with Crippen molar-refractivity contribution in [2.45, 2.75) is 32.9 Å². The maximum absolute atomic E-state index is 5.87. The number of hydrogen-bond donors (Lipinski definition) is 1. The number of anilines is 1. The number of hydrogen-bond acceptors (Lipinski definition) is 2. The van der Waals surface area contributed by atoms with Crippen molar-refractivity contribution in [1.29, 1.82) is 0 Å². The zero-order valence-corrected chi connectivity index (χ0v) is 19.3. The highest BCUT2D eigenvalue weighted by Crippen LogP contribution is 2.43. The van der Waals surface area contributed by atoms with Crippen molar-refractivity contribution in [2.75, 3.05) is 4.90 Å². The summed E-state index contributed by atoms with van der Waals surface area (Å²) in [6.07, 6.45) is 1.85. The molecule has 1 aliphatic heterocycles. The summed E-state index contributed by atoms with van der Waals surface area (Å²) in [7, 11) is 0. The highest BCUT2D eigenvalue weighted by molar-refractivity contribution is 7.80. The fourth-order valence-corrected chi connectivity index (χ4v) is 5.06. The maximum atomic E-state index is 5.87. The van der Waals surface area contributed by atoms with Gasteiger partial charge >= 0.3 is 0 Å². The van der Waals surface area contributed by atoms with Crippen molar-refractivity contribution in [3.05, 3.63) is 113 Å². The van der Waals surface area contributed by atoms with E-state index >= 15 is 0 Å². The van der Waals surface area contributed by atoms with E-state index in [0.717, 1.165) is 16.5 Å². The topological polar surface area (TPSA) is 33.1 Å². The van der Waals surface area contributed by atoms with Crippen LogP contribution < -0.4 is 10.2 Å². The Morgan fingerprint density at radius 3 is 2.25 bits per heavy atom. The fraction of sp³-hybridized carbons (Fsp3) is 0.185. The van der Waals surface area contributed by atoms with Gasteiger partial charge in [0.1, 0.15) is 0 Å². The van der Waals surface area contributed by atoms with Crippen LogP contribution in [-0.4, -0.2) is 14.7 Å². The molecule has 1 fully saturated rings. The van der Waals surface area contributed by atoms with Crippen molar-refractivity contribution in [3.8, 4) is 5.69 Å². The predicted molar refractivity (Wildman–Crippen MR) is 134 cm³/mol. The Balaban J connectivity index is 1.68. The highest BCUT2D eigenvalue weighted by atomic mass is 32.1. The van der Waals surface area contributed by atoms with E-state index in [9.17, 15) is 0 Å². The van der Waals surface area contributed by atoms with Gasteiger partial charge < -0.3 is 14.8 Å². The molecule has 0 saturated carbocycles. The number of aryl methyl sites for hydroxylation is 2. The van der Waals surface area contributed by atoms with Crippen LogP contribution in [0, 0.1) is 20.8 Å². The molecule has 3 heterocycles. The molecule has 160 valence electrons. The normalized spacial score (nSPS) is 18.1. The summed E-state index contributed by atoms with van der Waals surface area (Å²) in [5.74, 6) is 0. The molecule has 2 atom stereocenters. The molecular formula is C27H26N4S. The number of benzene rings is 2. The summed E-state index contributed by atoms with van der Waals surface area (Å²) >= 11 is 5.87. The number of pyridine rings is 1. The van der Waals surface area contributed by atoms with Crippen molar-refractivity contribution >= 4 is 23.0 Å². The molecule has 0 spiro atoms. The molecule has 2 aromatic carbocycles. The summed E-state index contributed by atoms with van der Waals surface area (Å²) in [6, 6.07) is 27.4. The summed E-state index contributed by atoms with van der Waals surface area (Å²) in [4.78, 5) is 6.92. The Bertz CT molecular complexity index is 1250. The quantitative estimate of drug-likeness (QED) is 0.398. The van der Waals surface area contributed by atoms with Gasteiger partial charge in [-0.2, -0.15) is 0 Å². The van der Waals surface area contributed by atoms with Gasteiger partial charge in [0.2, 0.25) is 0 Å². The molecule has 5 heteroatoms. The number of para-hydroxylation sites is 1. The second kappa shape index (κ2) is 8.24. The number of rotatable bonds is 4. The Labute approximate surface area is 194 Å². The Morgan fingerprint density at radius 1 is 0.844 bits per heavy atom. The molecule has 0 radical (unpaired) electrons. The van der Waals surface area contributed by atoms with Gasteiger partial charge in [0, 0.05) is 29.0 Å². The average molecular weight is 439 g/mol. The molecule has 4 aromatic rings. The first kappa shape index (κ1) is 20.5. The van der Waals surface area contributed by atoms with Gasteiger partial charge in [0.25, 0.3) is 0 Å². The largest absolute Gasteiger partial charge is 0.351 e.